The maximum atomic E-state index is 12.3. The van der Waals surface area contributed by atoms with E-state index in [1.54, 1.807) is 6.07 Å². The van der Waals surface area contributed by atoms with Crippen LogP contribution in [0.4, 0.5) is 5.69 Å². The van der Waals surface area contributed by atoms with Gasteiger partial charge >= 0.3 is 5.97 Å². The molecule has 2 unspecified atom stereocenters. The predicted octanol–water partition coefficient (Wildman–Crippen LogP) is 3.71. The van der Waals surface area contributed by atoms with Crippen LogP contribution < -0.4 is 15.8 Å². The fourth-order valence-electron chi connectivity index (χ4n) is 4.08. The Balaban J connectivity index is 2.09. The Morgan fingerprint density at radius 2 is 1.83 bits per heavy atom. The normalized spacial score (nSPS) is 14.3. The molecule has 2 aromatic carbocycles. The van der Waals surface area contributed by atoms with Gasteiger partial charge in [0.05, 0.1) is 30.7 Å². The van der Waals surface area contributed by atoms with Crippen molar-refractivity contribution in [1.29, 1.82) is 0 Å². The summed E-state index contributed by atoms with van der Waals surface area (Å²) in [5.74, 6) is -1.13. The molecule has 0 aromatic heterocycles. The molecule has 36 heavy (non-hydrogen) atoms. The van der Waals surface area contributed by atoms with Crippen LogP contribution in [0.15, 0.2) is 42.5 Å². The first kappa shape index (κ1) is 29.8. The lowest BCUT2D eigenvalue weighted by Crippen LogP contribution is -2.43. The highest BCUT2D eigenvalue weighted by molar-refractivity contribution is 7.92. The highest BCUT2D eigenvalue weighted by Crippen LogP contribution is 2.23. The van der Waals surface area contributed by atoms with Gasteiger partial charge in [0.1, 0.15) is 0 Å². The van der Waals surface area contributed by atoms with Crippen molar-refractivity contribution in [3.63, 3.8) is 0 Å². The number of ether oxygens (including phenoxy) is 1. The Kier molecular flexibility index (Phi) is 10.9. The topological polar surface area (TPSA) is 136 Å². The Morgan fingerprint density at radius 1 is 1.14 bits per heavy atom. The van der Waals surface area contributed by atoms with Crippen LogP contribution in [0.1, 0.15) is 67.1 Å². The summed E-state index contributed by atoms with van der Waals surface area (Å²) in [5, 5.41) is 9.54. The van der Waals surface area contributed by atoms with E-state index in [0.717, 1.165) is 31.1 Å². The summed E-state index contributed by atoms with van der Waals surface area (Å²) in [4.78, 5) is 11.7. The van der Waals surface area contributed by atoms with Gasteiger partial charge in [0, 0.05) is 18.1 Å². The number of carboxylic acid groups (broad SMARTS) is 1. The van der Waals surface area contributed by atoms with Crippen LogP contribution in [-0.2, 0) is 34.2 Å². The third-order valence-corrected chi connectivity index (χ3v) is 7.16. The van der Waals surface area contributed by atoms with E-state index in [0.29, 0.717) is 24.1 Å². The molecule has 2 rings (SSSR count). The van der Waals surface area contributed by atoms with Crippen molar-refractivity contribution in [2.24, 2.45) is 11.5 Å². The minimum Gasteiger partial charge on any atom is -0.478 e. The summed E-state index contributed by atoms with van der Waals surface area (Å²) >= 11 is 0. The van der Waals surface area contributed by atoms with Crippen molar-refractivity contribution >= 4 is 21.7 Å². The summed E-state index contributed by atoms with van der Waals surface area (Å²) < 4.78 is 31.7. The molecule has 2 aromatic rings. The molecule has 0 saturated carbocycles. The second-order valence-corrected chi connectivity index (χ2v) is 11.8. The first-order valence-corrected chi connectivity index (χ1v) is 14.2. The van der Waals surface area contributed by atoms with E-state index in [2.05, 4.69) is 19.1 Å². The van der Waals surface area contributed by atoms with Crippen LogP contribution in [0.3, 0.4) is 0 Å². The third kappa shape index (κ3) is 9.54. The van der Waals surface area contributed by atoms with Crippen LogP contribution in [-0.4, -0.2) is 50.5 Å². The minimum absolute atomic E-state index is 0.00553. The Hall–Kier alpha value is -2.46. The summed E-state index contributed by atoms with van der Waals surface area (Å²) in [6, 6.07) is 13.1. The molecule has 0 aliphatic rings. The average molecular weight is 520 g/mol. The van der Waals surface area contributed by atoms with Crippen molar-refractivity contribution in [2.75, 3.05) is 23.7 Å². The second kappa shape index (κ2) is 13.2. The average Bonchev–Trinajstić information content (AvgIpc) is 2.79. The van der Waals surface area contributed by atoms with Crippen LogP contribution >= 0.6 is 0 Å². The number of rotatable bonds is 15. The van der Waals surface area contributed by atoms with E-state index in [4.69, 9.17) is 16.2 Å². The zero-order chi connectivity index (χ0) is 26.9. The van der Waals surface area contributed by atoms with Gasteiger partial charge < -0.3 is 21.3 Å². The highest BCUT2D eigenvalue weighted by atomic mass is 32.2. The first-order chi connectivity index (χ1) is 16.8. The Labute approximate surface area is 215 Å². The van der Waals surface area contributed by atoms with Gasteiger partial charge in [-0.2, -0.15) is 0 Å². The number of carbonyl (C=O) groups is 1. The predicted molar refractivity (Wildman–Crippen MR) is 145 cm³/mol. The maximum Gasteiger partial charge on any atom is 0.335 e. The number of carboxylic acids is 1. The van der Waals surface area contributed by atoms with Gasteiger partial charge in [-0.25, -0.2) is 13.2 Å². The third-order valence-electron chi connectivity index (χ3n) is 5.97. The maximum absolute atomic E-state index is 12.3. The highest BCUT2D eigenvalue weighted by Gasteiger charge is 2.22. The van der Waals surface area contributed by atoms with Crippen LogP contribution in [0.5, 0.6) is 0 Å². The number of hydrogen-bond acceptors (Lipinski definition) is 6. The molecule has 0 bridgehead atoms. The molecule has 200 valence electrons. The molecule has 0 radical (unpaired) electrons. The molecule has 5 N–H and O–H groups in total. The van der Waals surface area contributed by atoms with Gasteiger partial charge in [0.2, 0.25) is 10.0 Å². The Bertz CT molecular complexity index is 1120. The van der Waals surface area contributed by atoms with Crippen molar-refractivity contribution < 1.29 is 23.1 Å². The Morgan fingerprint density at radius 3 is 2.44 bits per heavy atom. The van der Waals surface area contributed by atoms with Gasteiger partial charge in [-0.3, -0.25) is 4.31 Å². The molecular weight excluding hydrogens is 478 g/mol. The number of anilines is 1. The SMILES string of the molecule is CCCN(c1cc(COCC(C)(N)Cc2cccc(CCC(N)CC)c2)cc(C(=O)O)c1)S(C)(=O)=O. The van der Waals surface area contributed by atoms with Gasteiger partial charge in [-0.05, 0) is 73.9 Å². The smallest absolute Gasteiger partial charge is 0.335 e. The number of hydrogen-bond donors (Lipinski definition) is 3. The zero-order valence-corrected chi connectivity index (χ0v) is 22.7. The minimum atomic E-state index is -3.56. The quantitative estimate of drug-likeness (QED) is 0.326. The molecule has 0 fully saturated rings. The fraction of sp³-hybridized carbons (Fsp3) is 0.519. The molecule has 2 atom stereocenters. The van der Waals surface area contributed by atoms with E-state index in [1.165, 1.54) is 22.0 Å². The zero-order valence-electron chi connectivity index (χ0n) is 21.9. The number of aryl methyl sites for hydroxylation is 1. The van der Waals surface area contributed by atoms with E-state index in [-0.39, 0.29) is 31.4 Å². The van der Waals surface area contributed by atoms with Crippen molar-refractivity contribution in [1.82, 2.24) is 0 Å². The largest absolute Gasteiger partial charge is 0.478 e. The lowest BCUT2D eigenvalue weighted by atomic mass is 9.93. The second-order valence-electron chi connectivity index (χ2n) is 9.88. The summed E-state index contributed by atoms with van der Waals surface area (Å²) in [5.41, 5.74) is 15.2. The van der Waals surface area contributed by atoms with Gasteiger partial charge in [0.25, 0.3) is 0 Å². The molecule has 0 amide bonds. The summed E-state index contributed by atoms with van der Waals surface area (Å²) in [6.45, 7) is 6.48. The number of aromatic carboxylic acids is 1. The van der Waals surface area contributed by atoms with Crippen molar-refractivity contribution in [3.05, 3.63) is 64.7 Å². The van der Waals surface area contributed by atoms with Gasteiger partial charge in [0.15, 0.2) is 0 Å². The molecule has 8 nitrogen and oxygen atoms in total. The van der Waals surface area contributed by atoms with Gasteiger partial charge in [-0.1, -0.05) is 38.1 Å². The standard InChI is InChI=1S/C27H41N3O5S/c1-5-12-30(36(4,33)34)25-15-22(14-23(16-25)26(31)32)18-35-19-27(3,29)17-21-9-7-8-20(13-21)10-11-24(28)6-2/h7-9,13-16,24H,5-6,10-12,17-19,28-29H2,1-4H3,(H,31,32). The van der Waals surface area contributed by atoms with Crippen LogP contribution in [0, 0.1) is 0 Å². The number of sulfonamides is 1. The molecule has 0 saturated heterocycles. The first-order valence-electron chi connectivity index (χ1n) is 12.4. The fourth-order valence-corrected chi connectivity index (χ4v) is 5.09. The van der Waals surface area contributed by atoms with E-state index >= 15 is 0 Å². The number of nitrogens with zero attached hydrogens (tertiary/aromatic N) is 1. The monoisotopic (exact) mass is 519 g/mol. The molecule has 0 spiro atoms. The summed E-state index contributed by atoms with van der Waals surface area (Å²) in [7, 11) is -3.56. The van der Waals surface area contributed by atoms with E-state index in [1.807, 2.05) is 26.0 Å². The molecular formula is C27H41N3O5S. The van der Waals surface area contributed by atoms with Crippen molar-refractivity contribution in [3.8, 4) is 0 Å². The van der Waals surface area contributed by atoms with E-state index < -0.39 is 21.5 Å². The summed E-state index contributed by atoms with van der Waals surface area (Å²) in [6.07, 6.45) is 5.13. The molecule has 0 aliphatic heterocycles. The van der Waals surface area contributed by atoms with Crippen molar-refractivity contribution in [2.45, 2.75) is 71.1 Å². The van der Waals surface area contributed by atoms with Crippen LogP contribution in [0.2, 0.25) is 0 Å². The van der Waals surface area contributed by atoms with Gasteiger partial charge in [-0.15, -0.1) is 0 Å². The number of benzene rings is 2. The molecule has 9 heteroatoms. The lowest BCUT2D eigenvalue weighted by molar-refractivity contribution is 0.0693. The number of nitrogens with two attached hydrogens (primary N) is 2. The molecule has 0 heterocycles. The van der Waals surface area contributed by atoms with E-state index in [9.17, 15) is 18.3 Å². The molecule has 0 aliphatic carbocycles. The van der Waals surface area contributed by atoms with Crippen LogP contribution in [0.25, 0.3) is 0 Å². The lowest BCUT2D eigenvalue weighted by Gasteiger charge is -2.25.